The van der Waals surface area contributed by atoms with Crippen molar-refractivity contribution in [2.45, 2.75) is 211 Å². The number of rotatable bonds is 26. The Hall–Kier alpha value is -4.31. The molecule has 17 nitrogen and oxygen atoms in total. The van der Waals surface area contributed by atoms with E-state index in [-0.39, 0.29) is 128 Å². The van der Waals surface area contributed by atoms with Crippen LogP contribution in [-0.2, 0) is 44.7 Å². The highest BCUT2D eigenvalue weighted by atomic mass is 32.2. The first-order valence-electron chi connectivity index (χ1n) is 32.8. The highest BCUT2D eigenvalue weighted by Gasteiger charge is 2.42. The number of fused-ring (bicyclic) bond motifs is 7. The zero-order chi connectivity index (χ0) is 64.0. The van der Waals surface area contributed by atoms with Crippen LogP contribution in [0.1, 0.15) is 175 Å². The zero-order valence-electron chi connectivity index (χ0n) is 55.0. The lowest BCUT2D eigenvalue weighted by Crippen LogP contribution is -2.59. The first kappa shape index (κ1) is 72.7. The summed E-state index contributed by atoms with van der Waals surface area (Å²) >= 11 is 6.72. The number of amides is 7. The third-order valence-corrected chi connectivity index (χ3v) is 23.3. The van der Waals surface area contributed by atoms with Gasteiger partial charge >= 0.3 is 0 Å². The molecule has 3 aliphatic heterocycles. The maximum atomic E-state index is 14.9. The fourth-order valence-electron chi connectivity index (χ4n) is 13.5. The Morgan fingerprint density at radius 2 is 1.39 bits per heavy atom. The predicted molar refractivity (Wildman–Crippen MR) is 360 cm³/mol. The van der Waals surface area contributed by atoms with Gasteiger partial charge in [-0.05, 0) is 74.2 Å². The Balaban J connectivity index is 1.02. The quantitative estimate of drug-likeness (QED) is 0.0849. The van der Waals surface area contributed by atoms with Crippen molar-refractivity contribution in [2.24, 2.45) is 29.6 Å². The second kappa shape index (κ2) is 36.7. The lowest BCUT2D eigenvalue weighted by atomic mass is 9.84. The number of carbonyl (C=O) groups excluding carboxylic acids is 7. The molecule has 0 radical (unpaired) electrons. The first-order valence-corrected chi connectivity index (χ1v) is 36.9. The fourth-order valence-corrected chi connectivity index (χ4v) is 17.6. The van der Waals surface area contributed by atoms with Gasteiger partial charge in [0.25, 0.3) is 0 Å². The maximum Gasteiger partial charge on any atom is 0.245 e. The standard InChI is InChI=1S/C67H107N9O8S4/c1-13-47(6)63(48(7)39-59(80)76-34-22-29-55(76)64(84-12)49(8)50(9)69-54(66-68-33-38-88-66)40-51-23-16-14-17-24-51)72(11)67(83)61(45(2)3)70-65(82)62(46(4)5)71(10)60(81)41-85-35-30-56(77)73-42-74-44-75(43-73)58(79)32-37-87-53-26-19-15-18-25-52(27-20-21-28-53)86-36-31-57(74)78/h14,16-17,23-24,33,38,45-49,52-55,61-64,69H,9,13,15,18-22,25-32,34-37,39-44H2,1-8,10-12H3,(H,70,82)/t47-,48+,49-,52?,53?,54-,55-,61-,62-,63-,64+/m0/s1. The van der Waals surface area contributed by atoms with Crippen LogP contribution >= 0.6 is 46.6 Å². The van der Waals surface area contributed by atoms with Crippen molar-refractivity contribution >= 4 is 88.0 Å². The molecule has 2 N–H and O–H groups in total. The number of thiazole rings is 1. The molecule has 4 fully saturated rings. The minimum absolute atomic E-state index is 0.0161. The normalized spacial score (nSPS) is 22.1. The van der Waals surface area contributed by atoms with Crippen LogP contribution in [0.3, 0.4) is 0 Å². The first-order chi connectivity index (χ1) is 42.1. The van der Waals surface area contributed by atoms with Gasteiger partial charge in [0.05, 0.1) is 43.9 Å². The van der Waals surface area contributed by atoms with Gasteiger partial charge < -0.3 is 44.8 Å². The van der Waals surface area contributed by atoms with E-state index in [1.54, 1.807) is 52.1 Å². The Labute approximate surface area is 544 Å². The van der Waals surface area contributed by atoms with Gasteiger partial charge in [-0.3, -0.25) is 33.6 Å². The maximum absolute atomic E-state index is 14.9. The lowest BCUT2D eigenvalue weighted by molar-refractivity contribution is -0.158. The smallest absolute Gasteiger partial charge is 0.245 e. The van der Waals surface area contributed by atoms with Crippen molar-refractivity contribution in [2.75, 3.05) is 70.8 Å². The highest BCUT2D eigenvalue weighted by molar-refractivity contribution is 8.00. The monoisotopic (exact) mass is 1290 g/mol. The van der Waals surface area contributed by atoms with Gasteiger partial charge in [-0.1, -0.05) is 131 Å². The summed E-state index contributed by atoms with van der Waals surface area (Å²) in [5.41, 5.74) is 2.01. The minimum Gasteiger partial charge on any atom is -0.379 e. The molecule has 2 unspecified atom stereocenters. The molecule has 1 aromatic heterocycles. The molecule has 88 heavy (non-hydrogen) atoms. The molecule has 0 spiro atoms. The van der Waals surface area contributed by atoms with Crippen LogP contribution in [0, 0.1) is 29.6 Å². The molecule has 4 bridgehead atoms. The van der Waals surface area contributed by atoms with E-state index < -0.39 is 18.0 Å². The second-order valence-corrected chi connectivity index (χ2v) is 30.8. The molecule has 2 aromatic rings. The summed E-state index contributed by atoms with van der Waals surface area (Å²) in [4.78, 5) is 114. The molecule has 6 rings (SSSR count). The molecular weight excluding hydrogens is 1190 g/mol. The number of methoxy groups -OCH3 is 1. The largest absolute Gasteiger partial charge is 0.379 e. The van der Waals surface area contributed by atoms with Crippen molar-refractivity contribution in [1.82, 2.24) is 45.0 Å². The summed E-state index contributed by atoms with van der Waals surface area (Å²) in [5, 5.41) is 10.8. The van der Waals surface area contributed by atoms with Crippen molar-refractivity contribution in [3.05, 3.63) is 64.8 Å². The van der Waals surface area contributed by atoms with Crippen molar-refractivity contribution in [3.8, 4) is 0 Å². The molecule has 1 saturated carbocycles. The molecular formula is C67H107N9O8S4. The van der Waals surface area contributed by atoms with E-state index in [9.17, 15) is 33.6 Å². The second-order valence-electron chi connectivity index (χ2n) is 25.9. The summed E-state index contributed by atoms with van der Waals surface area (Å²) in [6, 6.07) is 7.96. The van der Waals surface area contributed by atoms with E-state index >= 15 is 0 Å². The van der Waals surface area contributed by atoms with Crippen LogP contribution in [-0.4, -0.2) is 187 Å². The SMILES string of the molecule is C=C(N[C@@H](Cc1ccccc1)c1nccs1)[C@H](C)[C@@H](OC)[C@@H]1CCCN1C(=O)C[C@@H](C)[C@H]([C@@H](C)CC)N(C)C(=O)[C@@H](NC(=O)[C@H](C(C)C)N(C)C(=O)CSCCC(=O)N1CN2CN(C1)C(=O)CCSC1CCCCCC(CCCC1)SCCC2=O)C(C)C. The molecule has 21 heteroatoms. The number of thioether (sulfide) groups is 3. The van der Waals surface area contributed by atoms with Gasteiger partial charge in [0.1, 0.15) is 17.1 Å². The molecule has 4 aliphatic rings. The topological polar surface area (TPSA) is 185 Å². The molecule has 3 saturated heterocycles. The molecule has 4 heterocycles. The van der Waals surface area contributed by atoms with E-state index in [2.05, 4.69) is 55.1 Å². The summed E-state index contributed by atoms with van der Waals surface area (Å²) in [7, 11) is 5.10. The minimum atomic E-state index is -0.905. The fraction of sp³-hybridized carbons (Fsp3) is 0.731. The number of likely N-dealkylation sites (N-methyl/N-ethyl adjacent to an activating group) is 2. The molecule has 1 aromatic carbocycles. The third kappa shape index (κ3) is 21.1. The number of likely N-dealkylation sites (tertiary alicyclic amines) is 1. The number of aromatic nitrogens is 1. The molecule has 492 valence electrons. The van der Waals surface area contributed by atoms with Gasteiger partial charge in [-0.15, -0.1) is 11.3 Å². The van der Waals surface area contributed by atoms with Crippen molar-refractivity contribution < 1.29 is 38.3 Å². The average molecular weight is 1290 g/mol. The van der Waals surface area contributed by atoms with E-state index in [1.165, 1.54) is 80.0 Å². The number of carbonyl (C=O) groups is 7. The Bertz CT molecular complexity index is 2500. The van der Waals surface area contributed by atoms with E-state index in [0.29, 0.717) is 35.6 Å². The number of ether oxygens (including phenoxy) is 1. The number of nitrogens with one attached hydrogen (secondary N) is 2. The summed E-state index contributed by atoms with van der Waals surface area (Å²) in [5.74, 6) is -0.410. The summed E-state index contributed by atoms with van der Waals surface area (Å²) < 4.78 is 6.26. The van der Waals surface area contributed by atoms with Crippen LogP contribution in [0.4, 0.5) is 0 Å². The Morgan fingerprint density at radius 3 is 1.94 bits per heavy atom. The number of hydrogen-bond donors (Lipinski definition) is 2. The summed E-state index contributed by atoms with van der Waals surface area (Å²) in [6.45, 7) is 21.4. The van der Waals surface area contributed by atoms with Crippen LogP contribution in [0.5, 0.6) is 0 Å². The number of benzene rings is 1. The Morgan fingerprint density at radius 1 is 0.773 bits per heavy atom. The van der Waals surface area contributed by atoms with Gasteiger partial charge in [-0.25, -0.2) is 4.98 Å². The van der Waals surface area contributed by atoms with Gasteiger partial charge in [0, 0.05) is 110 Å². The Kier molecular flexibility index (Phi) is 30.3. The molecule has 1 aliphatic carbocycles. The summed E-state index contributed by atoms with van der Waals surface area (Å²) in [6.07, 6.45) is 16.5. The van der Waals surface area contributed by atoms with Gasteiger partial charge in [0.2, 0.25) is 41.4 Å². The van der Waals surface area contributed by atoms with Gasteiger partial charge in [-0.2, -0.15) is 35.3 Å². The average Bonchev–Trinajstić information content (AvgIpc) is 2.47. The molecule has 11 atom stereocenters. The van der Waals surface area contributed by atoms with Crippen LogP contribution in [0.15, 0.2) is 54.2 Å². The predicted octanol–water partition coefficient (Wildman–Crippen LogP) is 10.7. The van der Waals surface area contributed by atoms with E-state index in [0.717, 1.165) is 47.9 Å². The van der Waals surface area contributed by atoms with Gasteiger partial charge in [0.15, 0.2) is 0 Å². The highest BCUT2D eigenvalue weighted by Crippen LogP contribution is 2.35. The van der Waals surface area contributed by atoms with Crippen molar-refractivity contribution in [1.29, 1.82) is 0 Å². The van der Waals surface area contributed by atoms with Crippen LogP contribution in [0.2, 0.25) is 0 Å². The third-order valence-electron chi connectivity index (χ3n) is 18.7. The van der Waals surface area contributed by atoms with E-state index in [4.69, 9.17) is 4.74 Å². The molecule has 7 amide bonds. The number of nitrogens with zero attached hydrogens (tertiary/aromatic N) is 7. The van der Waals surface area contributed by atoms with Crippen molar-refractivity contribution in [3.63, 3.8) is 0 Å². The van der Waals surface area contributed by atoms with E-state index in [1.807, 2.05) is 92.8 Å². The number of hydrogen-bond acceptors (Lipinski definition) is 14. The zero-order valence-corrected chi connectivity index (χ0v) is 58.2. The van der Waals surface area contributed by atoms with Crippen LogP contribution in [0.25, 0.3) is 0 Å². The van der Waals surface area contributed by atoms with Crippen LogP contribution < -0.4 is 10.6 Å². The lowest BCUT2D eigenvalue weighted by Gasteiger charge is -2.42.